The van der Waals surface area contributed by atoms with Crippen LogP contribution in [0, 0.1) is 0 Å². The van der Waals surface area contributed by atoms with Gasteiger partial charge in [-0.3, -0.25) is 4.79 Å². The molecule has 1 saturated carbocycles. The Morgan fingerprint density at radius 3 is 3.07 bits per heavy atom. The predicted octanol–water partition coefficient (Wildman–Crippen LogP) is -0.488. The maximum Gasteiger partial charge on any atom is 0.321 e. The van der Waals surface area contributed by atoms with Gasteiger partial charge in [0.25, 0.3) is 0 Å². The highest BCUT2D eigenvalue weighted by molar-refractivity contribution is 7.99. The fourth-order valence-corrected chi connectivity index (χ4v) is 1.95. The van der Waals surface area contributed by atoms with Gasteiger partial charge in [0.2, 0.25) is 5.16 Å². The van der Waals surface area contributed by atoms with Gasteiger partial charge in [-0.15, -0.1) is 5.10 Å². The van der Waals surface area contributed by atoms with Gasteiger partial charge in [0.15, 0.2) is 0 Å². The number of nitrogens with zero attached hydrogens (tertiary/aromatic N) is 4. The number of hydrogen-bond acceptors (Lipinski definition) is 6. The molecular formula is C7H11N5O2S. The van der Waals surface area contributed by atoms with Crippen LogP contribution in [0.2, 0.25) is 0 Å². The van der Waals surface area contributed by atoms with Gasteiger partial charge in [0.1, 0.15) is 6.04 Å². The Balaban J connectivity index is 1.92. The maximum atomic E-state index is 10.5. The van der Waals surface area contributed by atoms with E-state index in [4.69, 9.17) is 10.8 Å². The molecule has 3 N–H and O–H groups in total. The van der Waals surface area contributed by atoms with Crippen molar-refractivity contribution in [1.29, 1.82) is 0 Å². The number of aliphatic carboxylic acids is 1. The number of carboxylic acids is 1. The van der Waals surface area contributed by atoms with E-state index in [-0.39, 0.29) is 5.75 Å². The Morgan fingerprint density at radius 1 is 1.73 bits per heavy atom. The Labute approximate surface area is 90.0 Å². The van der Waals surface area contributed by atoms with Crippen LogP contribution in [0.3, 0.4) is 0 Å². The van der Waals surface area contributed by atoms with Crippen molar-refractivity contribution < 1.29 is 9.90 Å². The number of carbonyl (C=O) groups is 1. The summed E-state index contributed by atoms with van der Waals surface area (Å²) in [5, 5.41) is 20.5. The first kappa shape index (κ1) is 10.4. The van der Waals surface area contributed by atoms with Crippen LogP contribution in [0.5, 0.6) is 0 Å². The summed E-state index contributed by atoms with van der Waals surface area (Å²) in [7, 11) is 0. The summed E-state index contributed by atoms with van der Waals surface area (Å²) < 4.78 is 1.74. The number of nitrogens with two attached hydrogens (primary N) is 1. The van der Waals surface area contributed by atoms with Gasteiger partial charge in [0, 0.05) is 5.75 Å². The zero-order valence-electron chi connectivity index (χ0n) is 7.91. The van der Waals surface area contributed by atoms with Gasteiger partial charge < -0.3 is 10.8 Å². The fraction of sp³-hybridized carbons (Fsp3) is 0.714. The molecule has 1 aromatic heterocycles. The van der Waals surface area contributed by atoms with Crippen molar-refractivity contribution in [3.05, 3.63) is 0 Å². The molecule has 1 heterocycles. The van der Waals surface area contributed by atoms with Crippen molar-refractivity contribution in [3.8, 4) is 0 Å². The van der Waals surface area contributed by atoms with Crippen molar-refractivity contribution in [3.63, 3.8) is 0 Å². The molecule has 1 aromatic rings. The fourth-order valence-electron chi connectivity index (χ4n) is 1.06. The standard InChI is InChI=1S/C7H11N5O2S/c8-5(6(13)14)3-15-7-9-10-11-12(7)4-1-2-4/h4-5H,1-3,8H2,(H,13,14). The molecule has 1 aliphatic rings. The highest BCUT2D eigenvalue weighted by atomic mass is 32.2. The van der Waals surface area contributed by atoms with Crippen LogP contribution in [0.15, 0.2) is 5.16 Å². The SMILES string of the molecule is NC(CSc1nnnn1C1CC1)C(=O)O. The summed E-state index contributed by atoms with van der Waals surface area (Å²) in [4.78, 5) is 10.5. The van der Waals surface area contributed by atoms with Crippen LogP contribution in [-0.4, -0.2) is 43.1 Å². The van der Waals surface area contributed by atoms with Crippen molar-refractivity contribution >= 4 is 17.7 Å². The monoisotopic (exact) mass is 229 g/mol. The Hall–Kier alpha value is -1.15. The molecule has 8 heteroatoms. The highest BCUT2D eigenvalue weighted by Gasteiger charge is 2.28. The molecule has 1 aliphatic carbocycles. The quantitative estimate of drug-likeness (QED) is 0.656. The average Bonchev–Trinajstić information content (AvgIpc) is 2.94. The Kier molecular flexibility index (Phi) is 2.87. The molecule has 0 aromatic carbocycles. The second-order valence-corrected chi connectivity index (χ2v) is 4.38. The van der Waals surface area contributed by atoms with Gasteiger partial charge >= 0.3 is 5.97 Å². The predicted molar refractivity (Wildman–Crippen MR) is 52.4 cm³/mol. The van der Waals surface area contributed by atoms with Crippen LogP contribution in [0.25, 0.3) is 0 Å². The van der Waals surface area contributed by atoms with Gasteiger partial charge in [-0.1, -0.05) is 11.8 Å². The molecule has 2 rings (SSSR count). The molecule has 15 heavy (non-hydrogen) atoms. The largest absolute Gasteiger partial charge is 0.480 e. The van der Waals surface area contributed by atoms with Crippen LogP contribution in [0.1, 0.15) is 18.9 Å². The summed E-state index contributed by atoms with van der Waals surface area (Å²) in [6, 6.07) is -0.483. The zero-order valence-corrected chi connectivity index (χ0v) is 8.72. The second kappa shape index (κ2) is 4.15. The van der Waals surface area contributed by atoms with E-state index < -0.39 is 12.0 Å². The molecule has 0 saturated heterocycles. The third-order valence-corrected chi connectivity index (χ3v) is 3.12. The number of hydrogen-bond donors (Lipinski definition) is 2. The molecule has 0 spiro atoms. The third kappa shape index (κ3) is 2.45. The lowest BCUT2D eigenvalue weighted by Crippen LogP contribution is -2.32. The van der Waals surface area contributed by atoms with E-state index in [1.807, 2.05) is 0 Å². The topological polar surface area (TPSA) is 107 Å². The summed E-state index contributed by atoms with van der Waals surface area (Å²) in [5.74, 6) is -0.726. The Morgan fingerprint density at radius 2 is 2.47 bits per heavy atom. The molecule has 0 radical (unpaired) electrons. The zero-order chi connectivity index (χ0) is 10.8. The van der Waals surface area contributed by atoms with E-state index in [0.29, 0.717) is 11.2 Å². The van der Waals surface area contributed by atoms with Crippen LogP contribution < -0.4 is 5.73 Å². The summed E-state index contributed by atoms with van der Waals surface area (Å²) in [6.07, 6.45) is 2.17. The first-order valence-electron chi connectivity index (χ1n) is 4.57. The van der Waals surface area contributed by atoms with Gasteiger partial charge in [-0.25, -0.2) is 4.68 Å². The number of tetrazole rings is 1. The van der Waals surface area contributed by atoms with E-state index in [0.717, 1.165) is 12.8 Å². The van der Waals surface area contributed by atoms with E-state index >= 15 is 0 Å². The molecule has 82 valence electrons. The van der Waals surface area contributed by atoms with E-state index in [1.165, 1.54) is 11.8 Å². The second-order valence-electron chi connectivity index (χ2n) is 3.39. The first-order valence-corrected chi connectivity index (χ1v) is 5.56. The van der Waals surface area contributed by atoms with Crippen molar-refractivity contribution in [2.24, 2.45) is 5.73 Å². The van der Waals surface area contributed by atoms with Crippen LogP contribution in [0.4, 0.5) is 0 Å². The van der Waals surface area contributed by atoms with E-state index in [9.17, 15) is 4.79 Å². The normalized spacial score (nSPS) is 17.7. The number of rotatable bonds is 5. The Bertz CT molecular complexity index is 364. The minimum absolute atomic E-state index is 0.280. The van der Waals surface area contributed by atoms with Gasteiger partial charge in [-0.05, 0) is 23.3 Å². The minimum Gasteiger partial charge on any atom is -0.480 e. The summed E-state index contributed by atoms with van der Waals surface area (Å²) in [5.41, 5.74) is 5.38. The first-order chi connectivity index (χ1) is 7.18. The molecule has 0 amide bonds. The maximum absolute atomic E-state index is 10.5. The molecule has 0 bridgehead atoms. The molecule has 1 atom stereocenters. The smallest absolute Gasteiger partial charge is 0.321 e. The molecule has 7 nitrogen and oxygen atoms in total. The lowest BCUT2D eigenvalue weighted by molar-refractivity contribution is -0.137. The molecule has 1 unspecified atom stereocenters. The average molecular weight is 229 g/mol. The number of thioether (sulfide) groups is 1. The van der Waals surface area contributed by atoms with Crippen LogP contribution in [-0.2, 0) is 4.79 Å². The van der Waals surface area contributed by atoms with Crippen molar-refractivity contribution in [1.82, 2.24) is 20.2 Å². The molecule has 1 fully saturated rings. The minimum atomic E-state index is -1.01. The van der Waals surface area contributed by atoms with Crippen molar-refractivity contribution in [2.45, 2.75) is 30.1 Å². The van der Waals surface area contributed by atoms with Gasteiger partial charge in [0.05, 0.1) is 6.04 Å². The van der Waals surface area contributed by atoms with E-state index in [1.54, 1.807) is 4.68 Å². The molecule has 0 aliphatic heterocycles. The number of aromatic nitrogens is 4. The molecular weight excluding hydrogens is 218 g/mol. The van der Waals surface area contributed by atoms with Crippen LogP contribution >= 0.6 is 11.8 Å². The summed E-state index contributed by atoms with van der Waals surface area (Å²) >= 11 is 1.28. The lowest BCUT2D eigenvalue weighted by atomic mass is 10.4. The lowest BCUT2D eigenvalue weighted by Gasteiger charge is -2.05. The number of carboxylic acid groups (broad SMARTS) is 1. The van der Waals surface area contributed by atoms with E-state index in [2.05, 4.69) is 15.5 Å². The van der Waals surface area contributed by atoms with Crippen molar-refractivity contribution in [2.75, 3.05) is 5.75 Å². The highest BCUT2D eigenvalue weighted by Crippen LogP contribution is 2.36. The third-order valence-electron chi connectivity index (χ3n) is 2.06. The van der Waals surface area contributed by atoms with Gasteiger partial charge in [-0.2, -0.15) is 0 Å². The summed E-state index contributed by atoms with van der Waals surface area (Å²) in [6.45, 7) is 0.